The van der Waals surface area contributed by atoms with Gasteiger partial charge in [0, 0.05) is 37.1 Å². The molecule has 3 rings (SSSR count). The van der Waals surface area contributed by atoms with E-state index < -0.39 is 4.92 Å². The van der Waals surface area contributed by atoms with Crippen molar-refractivity contribution in [3.63, 3.8) is 0 Å². The van der Waals surface area contributed by atoms with Crippen LogP contribution >= 0.6 is 11.8 Å². The second-order valence-electron chi connectivity index (χ2n) is 8.31. The smallest absolute Gasteiger partial charge is 0.319 e. The number of nitro groups is 1. The van der Waals surface area contributed by atoms with Gasteiger partial charge in [0.15, 0.2) is 5.75 Å². The summed E-state index contributed by atoms with van der Waals surface area (Å²) < 4.78 is 5.02. The monoisotopic (exact) mass is 486 g/mol. The predicted molar refractivity (Wildman–Crippen MR) is 133 cm³/mol. The minimum atomic E-state index is -0.471. The van der Waals surface area contributed by atoms with Gasteiger partial charge >= 0.3 is 11.7 Å². The standard InChI is InChI=1S/C24H30N4O5S/c1-17-5-8-20(9-6-17)26-24(30)25-13-19-4-3-11-27(14-19)23(29)16-34-15-18-7-10-22(33-2)21(12-18)28(31)32/h5-10,12,19H,3-4,11,13-16H2,1-2H3,(H2,25,26,30). The fourth-order valence-electron chi connectivity index (χ4n) is 3.82. The zero-order valence-electron chi connectivity index (χ0n) is 19.4. The highest BCUT2D eigenvalue weighted by Gasteiger charge is 2.24. The van der Waals surface area contributed by atoms with Crippen molar-refractivity contribution in [2.24, 2.45) is 5.92 Å². The number of thioether (sulfide) groups is 1. The number of anilines is 1. The van der Waals surface area contributed by atoms with E-state index >= 15 is 0 Å². The van der Waals surface area contributed by atoms with E-state index in [2.05, 4.69) is 10.6 Å². The number of carbonyl (C=O) groups excluding carboxylic acids is 2. The van der Waals surface area contributed by atoms with E-state index in [0.717, 1.165) is 29.7 Å². The quantitative estimate of drug-likeness (QED) is 0.406. The summed E-state index contributed by atoms with van der Waals surface area (Å²) in [5.41, 5.74) is 2.56. The summed E-state index contributed by atoms with van der Waals surface area (Å²) in [4.78, 5) is 37.4. The van der Waals surface area contributed by atoms with E-state index in [0.29, 0.717) is 31.1 Å². The first kappa shape index (κ1) is 25.4. The number of aryl methyl sites for hydroxylation is 1. The molecule has 0 spiro atoms. The zero-order valence-corrected chi connectivity index (χ0v) is 20.2. The van der Waals surface area contributed by atoms with Gasteiger partial charge in [-0.05, 0) is 49.4 Å². The third-order valence-electron chi connectivity index (χ3n) is 5.67. The summed E-state index contributed by atoms with van der Waals surface area (Å²) in [5, 5.41) is 16.9. The molecule has 1 saturated heterocycles. The zero-order chi connectivity index (χ0) is 24.5. The van der Waals surface area contributed by atoms with Crippen molar-refractivity contribution in [1.82, 2.24) is 10.2 Å². The Morgan fingerprint density at radius 1 is 1.24 bits per heavy atom. The van der Waals surface area contributed by atoms with Crippen LogP contribution in [0.3, 0.4) is 0 Å². The molecular formula is C24H30N4O5S. The molecule has 10 heteroatoms. The Kier molecular flexibility index (Phi) is 9.15. The number of nitro benzene ring substituents is 1. The van der Waals surface area contributed by atoms with Gasteiger partial charge in [-0.2, -0.15) is 0 Å². The van der Waals surface area contributed by atoms with Crippen molar-refractivity contribution in [3.05, 3.63) is 63.7 Å². The van der Waals surface area contributed by atoms with Crippen LogP contribution in [0.5, 0.6) is 5.75 Å². The highest BCUT2D eigenvalue weighted by molar-refractivity contribution is 7.99. The number of amides is 3. The lowest BCUT2D eigenvalue weighted by Crippen LogP contribution is -2.45. The molecule has 0 saturated carbocycles. The topological polar surface area (TPSA) is 114 Å². The van der Waals surface area contributed by atoms with E-state index in [1.807, 2.05) is 36.1 Å². The normalized spacial score (nSPS) is 15.5. The molecule has 0 aliphatic carbocycles. The third kappa shape index (κ3) is 7.38. The van der Waals surface area contributed by atoms with Crippen LogP contribution in [0.4, 0.5) is 16.2 Å². The molecule has 9 nitrogen and oxygen atoms in total. The third-order valence-corrected chi connectivity index (χ3v) is 6.66. The lowest BCUT2D eigenvalue weighted by Gasteiger charge is -2.33. The van der Waals surface area contributed by atoms with Crippen LogP contribution in [0.1, 0.15) is 24.0 Å². The van der Waals surface area contributed by atoms with Crippen molar-refractivity contribution in [2.75, 3.05) is 37.8 Å². The van der Waals surface area contributed by atoms with Gasteiger partial charge in [-0.1, -0.05) is 23.8 Å². The Morgan fingerprint density at radius 3 is 2.71 bits per heavy atom. The van der Waals surface area contributed by atoms with Crippen LogP contribution in [0.25, 0.3) is 0 Å². The number of urea groups is 1. The summed E-state index contributed by atoms with van der Waals surface area (Å²) in [6.07, 6.45) is 1.85. The maximum atomic E-state index is 12.7. The molecule has 0 radical (unpaired) electrons. The Labute approximate surface area is 203 Å². The van der Waals surface area contributed by atoms with Gasteiger partial charge < -0.3 is 20.3 Å². The first-order valence-corrected chi connectivity index (χ1v) is 12.3. The van der Waals surface area contributed by atoms with Crippen molar-refractivity contribution in [3.8, 4) is 5.75 Å². The molecule has 3 amide bonds. The fraction of sp³-hybridized carbons (Fsp3) is 0.417. The molecule has 1 fully saturated rings. The maximum Gasteiger partial charge on any atom is 0.319 e. The van der Waals surface area contributed by atoms with E-state index in [9.17, 15) is 19.7 Å². The number of benzene rings is 2. The molecular weight excluding hydrogens is 456 g/mol. The number of carbonyl (C=O) groups is 2. The van der Waals surface area contributed by atoms with Gasteiger partial charge in [-0.25, -0.2) is 4.79 Å². The number of rotatable bonds is 9. The number of hydrogen-bond donors (Lipinski definition) is 2. The Hall–Kier alpha value is -3.27. The summed E-state index contributed by atoms with van der Waals surface area (Å²) in [6.45, 7) is 3.81. The van der Waals surface area contributed by atoms with Crippen LogP contribution < -0.4 is 15.4 Å². The number of ether oxygens (including phenoxy) is 1. The number of piperidine rings is 1. The average Bonchev–Trinajstić information content (AvgIpc) is 2.84. The van der Waals surface area contributed by atoms with E-state index in [1.54, 1.807) is 12.1 Å². The highest BCUT2D eigenvalue weighted by atomic mass is 32.2. The molecule has 1 atom stereocenters. The molecule has 2 aromatic rings. The highest BCUT2D eigenvalue weighted by Crippen LogP contribution is 2.29. The first-order valence-electron chi connectivity index (χ1n) is 11.1. The Balaban J connectivity index is 1.41. The lowest BCUT2D eigenvalue weighted by molar-refractivity contribution is -0.385. The molecule has 2 N–H and O–H groups in total. The van der Waals surface area contributed by atoms with Crippen molar-refractivity contribution < 1.29 is 19.2 Å². The predicted octanol–water partition coefficient (Wildman–Crippen LogP) is 4.21. The Bertz CT molecular complexity index is 1010. The molecule has 1 unspecified atom stereocenters. The van der Waals surface area contributed by atoms with Crippen LogP contribution in [-0.4, -0.2) is 54.3 Å². The van der Waals surface area contributed by atoms with Crippen molar-refractivity contribution >= 4 is 35.1 Å². The molecule has 1 heterocycles. The average molecular weight is 487 g/mol. The summed E-state index contributed by atoms with van der Waals surface area (Å²) in [7, 11) is 1.40. The van der Waals surface area contributed by atoms with Crippen LogP contribution in [0.15, 0.2) is 42.5 Å². The maximum absolute atomic E-state index is 12.7. The van der Waals surface area contributed by atoms with Gasteiger partial charge in [0.25, 0.3) is 0 Å². The lowest BCUT2D eigenvalue weighted by atomic mass is 9.98. The number of nitrogens with zero attached hydrogens (tertiary/aromatic N) is 2. The largest absolute Gasteiger partial charge is 0.490 e. The van der Waals surface area contributed by atoms with Gasteiger partial charge in [0.05, 0.1) is 17.8 Å². The number of likely N-dealkylation sites (tertiary alicyclic amines) is 1. The van der Waals surface area contributed by atoms with E-state index in [4.69, 9.17) is 4.74 Å². The minimum absolute atomic E-state index is 0.0434. The number of nitrogens with one attached hydrogen (secondary N) is 2. The second-order valence-corrected chi connectivity index (χ2v) is 9.29. The second kappa shape index (κ2) is 12.3. The Morgan fingerprint density at radius 2 is 2.00 bits per heavy atom. The molecule has 1 aliphatic rings. The number of methoxy groups -OCH3 is 1. The summed E-state index contributed by atoms with van der Waals surface area (Å²) >= 11 is 1.43. The minimum Gasteiger partial charge on any atom is -0.490 e. The molecule has 34 heavy (non-hydrogen) atoms. The van der Waals surface area contributed by atoms with Crippen LogP contribution in [0, 0.1) is 23.0 Å². The molecule has 0 aromatic heterocycles. The molecule has 182 valence electrons. The molecule has 0 bridgehead atoms. The van der Waals surface area contributed by atoms with Crippen LogP contribution in [0.2, 0.25) is 0 Å². The number of hydrogen-bond acceptors (Lipinski definition) is 6. The molecule has 2 aromatic carbocycles. The van der Waals surface area contributed by atoms with Gasteiger partial charge in [0.2, 0.25) is 5.91 Å². The van der Waals surface area contributed by atoms with Gasteiger partial charge in [-0.15, -0.1) is 11.8 Å². The van der Waals surface area contributed by atoms with E-state index in [1.165, 1.54) is 24.9 Å². The van der Waals surface area contributed by atoms with E-state index in [-0.39, 0.29) is 29.3 Å². The van der Waals surface area contributed by atoms with Crippen molar-refractivity contribution in [1.29, 1.82) is 0 Å². The van der Waals surface area contributed by atoms with Crippen molar-refractivity contribution in [2.45, 2.75) is 25.5 Å². The summed E-state index contributed by atoms with van der Waals surface area (Å²) in [5.74, 6) is 1.26. The SMILES string of the molecule is COc1ccc(CSCC(=O)N2CCCC(CNC(=O)Nc3ccc(C)cc3)C2)cc1[N+](=O)[O-]. The fourth-order valence-corrected chi connectivity index (χ4v) is 4.70. The summed E-state index contributed by atoms with van der Waals surface area (Å²) in [6, 6.07) is 12.2. The first-order chi connectivity index (χ1) is 16.4. The van der Waals surface area contributed by atoms with Gasteiger partial charge in [-0.3, -0.25) is 14.9 Å². The van der Waals surface area contributed by atoms with Gasteiger partial charge in [0.1, 0.15) is 0 Å². The van der Waals surface area contributed by atoms with Crippen LogP contribution in [-0.2, 0) is 10.5 Å². The molecule has 1 aliphatic heterocycles.